The van der Waals surface area contributed by atoms with Crippen LogP contribution in [-0.4, -0.2) is 4.98 Å². The Morgan fingerprint density at radius 1 is 1.12 bits per heavy atom. The molecule has 2 rings (SSSR count). The van der Waals surface area contributed by atoms with Crippen molar-refractivity contribution in [2.24, 2.45) is 0 Å². The van der Waals surface area contributed by atoms with Crippen LogP contribution >= 0.6 is 0 Å². The van der Waals surface area contributed by atoms with E-state index in [0.29, 0.717) is 12.4 Å². The van der Waals surface area contributed by atoms with Crippen molar-refractivity contribution >= 4 is 5.82 Å². The largest absolute Gasteiger partial charge is 0.366 e. The SMILES string of the molecule is Cc1ccccc1CNc1cccc(F)n1. The molecule has 1 aromatic heterocycles. The van der Waals surface area contributed by atoms with Crippen molar-refractivity contribution in [1.29, 1.82) is 0 Å². The van der Waals surface area contributed by atoms with Gasteiger partial charge >= 0.3 is 0 Å². The maximum absolute atomic E-state index is 12.8. The second kappa shape index (κ2) is 4.75. The van der Waals surface area contributed by atoms with Gasteiger partial charge < -0.3 is 5.32 Å². The number of aryl methyl sites for hydroxylation is 1. The van der Waals surface area contributed by atoms with Crippen LogP contribution in [0.4, 0.5) is 10.2 Å². The van der Waals surface area contributed by atoms with Crippen molar-refractivity contribution in [3.63, 3.8) is 0 Å². The normalized spacial score (nSPS) is 10.1. The molecule has 0 atom stereocenters. The number of anilines is 1. The summed E-state index contributed by atoms with van der Waals surface area (Å²) in [5, 5.41) is 3.09. The van der Waals surface area contributed by atoms with Crippen LogP contribution < -0.4 is 5.32 Å². The first kappa shape index (κ1) is 10.6. The second-order valence-electron chi connectivity index (χ2n) is 3.63. The van der Waals surface area contributed by atoms with Crippen LogP contribution in [0.15, 0.2) is 42.5 Å². The van der Waals surface area contributed by atoms with Crippen LogP contribution in [0, 0.1) is 12.9 Å². The van der Waals surface area contributed by atoms with Gasteiger partial charge in [-0.3, -0.25) is 0 Å². The maximum atomic E-state index is 12.8. The molecule has 2 aromatic rings. The molecule has 1 N–H and O–H groups in total. The molecule has 0 unspecified atom stereocenters. The van der Waals surface area contributed by atoms with E-state index in [0.717, 1.165) is 0 Å². The van der Waals surface area contributed by atoms with Gasteiger partial charge in [0.05, 0.1) is 0 Å². The molecule has 0 aliphatic rings. The Morgan fingerprint density at radius 3 is 2.69 bits per heavy atom. The first-order chi connectivity index (χ1) is 7.75. The molecule has 0 aliphatic heterocycles. The molecule has 1 aromatic carbocycles. The molecule has 0 fully saturated rings. The number of pyridine rings is 1. The number of nitrogens with zero attached hydrogens (tertiary/aromatic N) is 1. The Morgan fingerprint density at radius 2 is 1.94 bits per heavy atom. The average Bonchev–Trinajstić information content (AvgIpc) is 2.28. The van der Waals surface area contributed by atoms with E-state index in [1.807, 2.05) is 18.2 Å². The second-order valence-corrected chi connectivity index (χ2v) is 3.63. The van der Waals surface area contributed by atoms with Crippen LogP contribution in [0.3, 0.4) is 0 Å². The molecule has 0 saturated heterocycles. The maximum Gasteiger partial charge on any atom is 0.214 e. The fourth-order valence-corrected chi connectivity index (χ4v) is 1.50. The van der Waals surface area contributed by atoms with E-state index >= 15 is 0 Å². The zero-order valence-electron chi connectivity index (χ0n) is 9.07. The molecular weight excluding hydrogens is 203 g/mol. The molecule has 2 nitrogen and oxygen atoms in total. The minimum atomic E-state index is -0.463. The molecular formula is C13H13FN2. The van der Waals surface area contributed by atoms with Crippen LogP contribution in [0.1, 0.15) is 11.1 Å². The third-order valence-corrected chi connectivity index (χ3v) is 2.44. The van der Waals surface area contributed by atoms with Crippen molar-refractivity contribution in [3.05, 3.63) is 59.5 Å². The average molecular weight is 216 g/mol. The van der Waals surface area contributed by atoms with Crippen molar-refractivity contribution in [2.75, 3.05) is 5.32 Å². The van der Waals surface area contributed by atoms with E-state index < -0.39 is 5.95 Å². The molecule has 0 radical (unpaired) electrons. The molecule has 3 heteroatoms. The van der Waals surface area contributed by atoms with Crippen molar-refractivity contribution in [1.82, 2.24) is 4.98 Å². The highest BCUT2D eigenvalue weighted by atomic mass is 19.1. The quantitative estimate of drug-likeness (QED) is 0.797. The van der Waals surface area contributed by atoms with Gasteiger partial charge in [-0.1, -0.05) is 30.3 Å². The lowest BCUT2D eigenvalue weighted by Crippen LogP contribution is -2.03. The van der Waals surface area contributed by atoms with Crippen molar-refractivity contribution in [2.45, 2.75) is 13.5 Å². The summed E-state index contributed by atoms with van der Waals surface area (Å²) >= 11 is 0. The van der Waals surface area contributed by atoms with Gasteiger partial charge in [-0.05, 0) is 30.2 Å². The third-order valence-electron chi connectivity index (χ3n) is 2.44. The summed E-state index contributed by atoms with van der Waals surface area (Å²) in [6, 6.07) is 12.8. The van der Waals surface area contributed by atoms with Gasteiger partial charge in [0.1, 0.15) is 5.82 Å². The Balaban J connectivity index is 2.05. The first-order valence-electron chi connectivity index (χ1n) is 5.16. The zero-order chi connectivity index (χ0) is 11.4. The highest BCUT2D eigenvalue weighted by Crippen LogP contribution is 2.10. The summed E-state index contributed by atoms with van der Waals surface area (Å²) in [5.74, 6) is 0.0954. The molecule has 0 spiro atoms. The predicted molar refractivity (Wildman–Crippen MR) is 62.7 cm³/mol. The Hall–Kier alpha value is -1.90. The van der Waals surface area contributed by atoms with Gasteiger partial charge in [0.2, 0.25) is 5.95 Å². The van der Waals surface area contributed by atoms with E-state index in [1.165, 1.54) is 17.2 Å². The third kappa shape index (κ3) is 2.57. The van der Waals surface area contributed by atoms with Crippen LogP contribution in [0.25, 0.3) is 0 Å². The Labute approximate surface area is 94.2 Å². The minimum absolute atomic E-state index is 0.463. The number of hydrogen-bond donors (Lipinski definition) is 1. The van der Waals surface area contributed by atoms with Gasteiger partial charge in [0.15, 0.2) is 0 Å². The molecule has 1 heterocycles. The summed E-state index contributed by atoms with van der Waals surface area (Å²) in [4.78, 5) is 3.74. The number of nitrogens with one attached hydrogen (secondary N) is 1. The fourth-order valence-electron chi connectivity index (χ4n) is 1.50. The molecule has 16 heavy (non-hydrogen) atoms. The smallest absolute Gasteiger partial charge is 0.214 e. The van der Waals surface area contributed by atoms with Crippen LogP contribution in [0.5, 0.6) is 0 Å². The number of aromatic nitrogens is 1. The summed E-state index contributed by atoms with van der Waals surface area (Å²) in [7, 11) is 0. The van der Waals surface area contributed by atoms with Gasteiger partial charge in [-0.2, -0.15) is 4.39 Å². The summed E-state index contributed by atoms with van der Waals surface area (Å²) in [6.45, 7) is 2.71. The first-order valence-corrected chi connectivity index (χ1v) is 5.16. The lowest BCUT2D eigenvalue weighted by molar-refractivity contribution is 0.585. The molecule has 0 amide bonds. The molecule has 0 saturated carbocycles. The van der Waals surface area contributed by atoms with Crippen LogP contribution in [-0.2, 0) is 6.54 Å². The molecule has 0 aliphatic carbocycles. The zero-order valence-corrected chi connectivity index (χ0v) is 9.07. The van der Waals surface area contributed by atoms with E-state index in [9.17, 15) is 4.39 Å². The van der Waals surface area contributed by atoms with Gasteiger partial charge in [-0.25, -0.2) is 4.98 Å². The monoisotopic (exact) mass is 216 g/mol. The summed E-state index contributed by atoms with van der Waals surface area (Å²) in [6.07, 6.45) is 0. The Kier molecular flexibility index (Phi) is 3.15. The highest BCUT2D eigenvalue weighted by Gasteiger charge is 1.98. The summed E-state index contributed by atoms with van der Waals surface area (Å²) < 4.78 is 12.8. The predicted octanol–water partition coefficient (Wildman–Crippen LogP) is 3.14. The van der Waals surface area contributed by atoms with Gasteiger partial charge in [-0.15, -0.1) is 0 Å². The van der Waals surface area contributed by atoms with Crippen molar-refractivity contribution < 1.29 is 4.39 Å². The van der Waals surface area contributed by atoms with E-state index in [4.69, 9.17) is 0 Å². The van der Waals surface area contributed by atoms with E-state index in [1.54, 1.807) is 12.1 Å². The van der Waals surface area contributed by atoms with E-state index in [-0.39, 0.29) is 0 Å². The highest BCUT2D eigenvalue weighted by molar-refractivity contribution is 5.36. The standard InChI is InChI=1S/C13H13FN2/c1-10-5-2-3-6-11(10)9-15-13-8-4-7-12(14)16-13/h2-8H,9H2,1H3,(H,15,16). The summed E-state index contributed by atoms with van der Waals surface area (Å²) in [5.41, 5.74) is 2.40. The lowest BCUT2D eigenvalue weighted by atomic mass is 10.1. The molecule has 82 valence electrons. The topological polar surface area (TPSA) is 24.9 Å². The number of halogens is 1. The van der Waals surface area contributed by atoms with Gasteiger partial charge in [0, 0.05) is 6.54 Å². The number of benzene rings is 1. The van der Waals surface area contributed by atoms with Crippen LogP contribution in [0.2, 0.25) is 0 Å². The molecule has 0 bridgehead atoms. The lowest BCUT2D eigenvalue weighted by Gasteiger charge is -2.07. The van der Waals surface area contributed by atoms with Gasteiger partial charge in [0.25, 0.3) is 0 Å². The Bertz CT molecular complexity index is 483. The number of rotatable bonds is 3. The van der Waals surface area contributed by atoms with E-state index in [2.05, 4.69) is 23.3 Å². The van der Waals surface area contributed by atoms with Crippen molar-refractivity contribution in [3.8, 4) is 0 Å². The number of hydrogen-bond acceptors (Lipinski definition) is 2. The fraction of sp³-hybridized carbons (Fsp3) is 0.154. The minimum Gasteiger partial charge on any atom is -0.366 e.